The smallest absolute Gasteiger partial charge is 0.120 e. The van der Waals surface area contributed by atoms with Gasteiger partial charge in [0.05, 0.1) is 0 Å². The number of unbranched alkanes of at least 4 members (excludes halogenated alkanes) is 3. The predicted molar refractivity (Wildman–Crippen MR) is 84.6 cm³/mol. The molecule has 112 valence electrons. The summed E-state index contributed by atoms with van der Waals surface area (Å²) in [6.07, 6.45) is 10.2. The minimum Gasteiger partial charge on any atom is -0.375 e. The minimum atomic E-state index is -1.02. The van der Waals surface area contributed by atoms with Gasteiger partial charge in [-0.15, -0.1) is 0 Å². The molecule has 1 aliphatic rings. The molecule has 2 nitrogen and oxygen atoms in total. The lowest BCUT2D eigenvalue weighted by Crippen LogP contribution is -2.47. The number of nitrogens with two attached hydrogens (primary N) is 1. The molecule has 20 heavy (non-hydrogen) atoms. The Morgan fingerprint density at radius 2 is 2.00 bits per heavy atom. The molecule has 0 bridgehead atoms. The maximum atomic E-state index is 10.5. The van der Waals surface area contributed by atoms with E-state index < -0.39 is 5.72 Å². The molecule has 0 amide bonds. The third-order valence-electron chi connectivity index (χ3n) is 4.65. The first kappa shape index (κ1) is 15.5. The highest BCUT2D eigenvalue weighted by atomic mass is 16.3. The largest absolute Gasteiger partial charge is 0.375 e. The summed E-state index contributed by atoms with van der Waals surface area (Å²) in [5.41, 5.74) is 7.81. The SMILES string of the molecule is CCCCCCc1ccccc1C1CCCCC1(N)O. The zero-order valence-corrected chi connectivity index (χ0v) is 12.8. The van der Waals surface area contributed by atoms with Crippen molar-refractivity contribution in [1.29, 1.82) is 0 Å². The van der Waals surface area contributed by atoms with Crippen LogP contribution in [0.15, 0.2) is 24.3 Å². The van der Waals surface area contributed by atoms with Crippen LogP contribution in [0.1, 0.15) is 75.3 Å². The van der Waals surface area contributed by atoms with E-state index in [2.05, 4.69) is 31.2 Å². The monoisotopic (exact) mass is 275 g/mol. The van der Waals surface area contributed by atoms with Crippen molar-refractivity contribution in [2.75, 3.05) is 0 Å². The summed E-state index contributed by atoms with van der Waals surface area (Å²) in [5.74, 6) is 0.110. The molecule has 2 heteroatoms. The molecular formula is C18H29NO. The molecule has 0 aromatic heterocycles. The highest BCUT2D eigenvalue weighted by Crippen LogP contribution is 2.39. The van der Waals surface area contributed by atoms with Crippen molar-refractivity contribution >= 4 is 0 Å². The fourth-order valence-corrected chi connectivity index (χ4v) is 3.45. The molecule has 3 N–H and O–H groups in total. The molecule has 1 saturated carbocycles. The van der Waals surface area contributed by atoms with Gasteiger partial charge in [-0.1, -0.05) is 56.9 Å². The first-order valence-corrected chi connectivity index (χ1v) is 8.24. The molecule has 0 aliphatic heterocycles. The molecule has 0 heterocycles. The highest BCUT2D eigenvalue weighted by Gasteiger charge is 2.36. The molecule has 1 aromatic carbocycles. The average molecular weight is 275 g/mol. The number of hydrogen-bond donors (Lipinski definition) is 2. The molecule has 0 radical (unpaired) electrons. The van der Waals surface area contributed by atoms with Crippen LogP contribution in [0.25, 0.3) is 0 Å². The quantitative estimate of drug-likeness (QED) is 0.606. The summed E-state index contributed by atoms with van der Waals surface area (Å²) in [5, 5.41) is 10.5. The number of hydrogen-bond acceptors (Lipinski definition) is 2. The molecule has 1 aromatic rings. The summed E-state index contributed by atoms with van der Waals surface area (Å²) in [4.78, 5) is 0. The standard InChI is InChI=1S/C18H29NO/c1-2-3-4-5-10-15-11-6-7-12-16(15)17-13-8-9-14-18(17,19)20/h6-7,11-12,17,20H,2-5,8-10,13-14,19H2,1H3. The summed E-state index contributed by atoms with van der Waals surface area (Å²) in [6, 6.07) is 8.57. The zero-order chi connectivity index (χ0) is 14.4. The maximum absolute atomic E-state index is 10.5. The lowest BCUT2D eigenvalue weighted by Gasteiger charge is -2.38. The minimum absolute atomic E-state index is 0.110. The summed E-state index contributed by atoms with van der Waals surface area (Å²) < 4.78 is 0. The second-order valence-corrected chi connectivity index (χ2v) is 6.30. The number of rotatable bonds is 6. The Hall–Kier alpha value is -0.860. The zero-order valence-electron chi connectivity index (χ0n) is 12.8. The Morgan fingerprint density at radius 1 is 1.20 bits per heavy atom. The molecule has 1 aliphatic carbocycles. The van der Waals surface area contributed by atoms with Gasteiger partial charge in [-0.3, -0.25) is 0 Å². The Labute approximate surface area is 123 Å². The Morgan fingerprint density at radius 3 is 2.75 bits per heavy atom. The van der Waals surface area contributed by atoms with Crippen molar-refractivity contribution in [1.82, 2.24) is 0 Å². The van der Waals surface area contributed by atoms with E-state index in [0.29, 0.717) is 0 Å². The third kappa shape index (κ3) is 3.83. The number of benzene rings is 1. The molecular weight excluding hydrogens is 246 g/mol. The van der Waals surface area contributed by atoms with E-state index in [9.17, 15) is 5.11 Å². The van der Waals surface area contributed by atoms with Gasteiger partial charge in [-0.2, -0.15) is 0 Å². The molecule has 0 spiro atoms. The topological polar surface area (TPSA) is 46.2 Å². The Balaban J connectivity index is 2.10. The Kier molecular flexibility index (Phi) is 5.62. The molecule has 2 rings (SSSR count). The van der Waals surface area contributed by atoms with Gasteiger partial charge >= 0.3 is 0 Å². The van der Waals surface area contributed by atoms with E-state index in [1.54, 1.807) is 0 Å². The summed E-state index contributed by atoms with van der Waals surface area (Å²) in [7, 11) is 0. The maximum Gasteiger partial charge on any atom is 0.120 e. The van der Waals surface area contributed by atoms with E-state index in [0.717, 1.165) is 25.7 Å². The number of aryl methyl sites for hydroxylation is 1. The summed E-state index contributed by atoms with van der Waals surface area (Å²) >= 11 is 0. The van der Waals surface area contributed by atoms with E-state index >= 15 is 0 Å². The van der Waals surface area contributed by atoms with Crippen molar-refractivity contribution in [3.8, 4) is 0 Å². The van der Waals surface area contributed by atoms with Crippen LogP contribution in [0.3, 0.4) is 0 Å². The average Bonchev–Trinajstić information content (AvgIpc) is 2.44. The van der Waals surface area contributed by atoms with E-state index in [1.807, 2.05) is 0 Å². The van der Waals surface area contributed by atoms with Crippen LogP contribution < -0.4 is 5.73 Å². The van der Waals surface area contributed by atoms with Crippen LogP contribution in [0.4, 0.5) is 0 Å². The predicted octanol–water partition coefficient (Wildman–Crippen LogP) is 4.11. The summed E-state index contributed by atoms with van der Waals surface area (Å²) in [6.45, 7) is 2.24. The van der Waals surface area contributed by atoms with Crippen LogP contribution in [0.2, 0.25) is 0 Å². The van der Waals surface area contributed by atoms with Crippen LogP contribution in [-0.2, 0) is 6.42 Å². The second-order valence-electron chi connectivity index (χ2n) is 6.30. The fourth-order valence-electron chi connectivity index (χ4n) is 3.45. The third-order valence-corrected chi connectivity index (χ3v) is 4.65. The van der Waals surface area contributed by atoms with Gasteiger partial charge in [0.1, 0.15) is 5.72 Å². The second kappa shape index (κ2) is 7.24. The van der Waals surface area contributed by atoms with Crippen molar-refractivity contribution in [2.24, 2.45) is 5.73 Å². The van der Waals surface area contributed by atoms with Gasteiger partial charge < -0.3 is 10.8 Å². The van der Waals surface area contributed by atoms with Gasteiger partial charge in [0, 0.05) is 5.92 Å². The lowest BCUT2D eigenvalue weighted by atomic mass is 9.75. The molecule has 0 saturated heterocycles. The van der Waals surface area contributed by atoms with Gasteiger partial charge in [0.2, 0.25) is 0 Å². The van der Waals surface area contributed by atoms with E-state index in [1.165, 1.54) is 43.2 Å². The molecule has 2 unspecified atom stereocenters. The molecule has 2 atom stereocenters. The van der Waals surface area contributed by atoms with Crippen LogP contribution in [0, 0.1) is 0 Å². The van der Waals surface area contributed by atoms with Crippen molar-refractivity contribution in [2.45, 2.75) is 76.4 Å². The van der Waals surface area contributed by atoms with Crippen molar-refractivity contribution < 1.29 is 5.11 Å². The first-order valence-electron chi connectivity index (χ1n) is 8.24. The van der Waals surface area contributed by atoms with Gasteiger partial charge in [-0.25, -0.2) is 0 Å². The van der Waals surface area contributed by atoms with Gasteiger partial charge in [0.25, 0.3) is 0 Å². The first-order chi connectivity index (χ1) is 9.65. The fraction of sp³-hybridized carbons (Fsp3) is 0.667. The van der Waals surface area contributed by atoms with Crippen LogP contribution in [-0.4, -0.2) is 10.8 Å². The highest BCUT2D eigenvalue weighted by molar-refractivity contribution is 5.33. The lowest BCUT2D eigenvalue weighted by molar-refractivity contribution is -0.0114. The number of aliphatic hydroxyl groups is 1. The van der Waals surface area contributed by atoms with Gasteiger partial charge in [-0.05, 0) is 43.2 Å². The van der Waals surface area contributed by atoms with Crippen molar-refractivity contribution in [3.05, 3.63) is 35.4 Å². The van der Waals surface area contributed by atoms with E-state index in [4.69, 9.17) is 5.73 Å². The molecule has 1 fully saturated rings. The van der Waals surface area contributed by atoms with Crippen molar-refractivity contribution in [3.63, 3.8) is 0 Å². The van der Waals surface area contributed by atoms with E-state index in [-0.39, 0.29) is 5.92 Å². The van der Waals surface area contributed by atoms with Crippen LogP contribution >= 0.6 is 0 Å². The normalized spacial score (nSPS) is 26.6. The van der Waals surface area contributed by atoms with Crippen LogP contribution in [0.5, 0.6) is 0 Å². The van der Waals surface area contributed by atoms with Gasteiger partial charge in [0.15, 0.2) is 0 Å². The Bertz CT molecular complexity index is 414.